The van der Waals surface area contributed by atoms with Crippen molar-refractivity contribution in [2.75, 3.05) is 6.61 Å². The average Bonchev–Trinajstić information content (AvgIpc) is 3.04. The summed E-state index contributed by atoms with van der Waals surface area (Å²) in [7, 11) is 0. The lowest BCUT2D eigenvalue weighted by atomic mass is 10.2. The van der Waals surface area contributed by atoms with Crippen LogP contribution in [0.25, 0.3) is 0 Å². The Balaban J connectivity index is 1.92. The maximum atomic E-state index is 12.9. The normalized spacial score (nSPS) is 15.3. The molecule has 2 nitrogen and oxygen atoms in total. The third-order valence-corrected chi connectivity index (χ3v) is 2.72. The first kappa shape index (κ1) is 10.4. The summed E-state index contributed by atoms with van der Waals surface area (Å²) in [6.07, 6.45) is 3.76. The summed E-state index contributed by atoms with van der Waals surface area (Å²) in [5.74, 6) is 1.32. The van der Waals surface area contributed by atoms with Gasteiger partial charge in [-0.05, 0) is 30.5 Å². The Labute approximate surface area is 89.2 Å². The summed E-state index contributed by atoms with van der Waals surface area (Å²) >= 11 is 0. The number of halogens is 1. The van der Waals surface area contributed by atoms with E-state index in [4.69, 9.17) is 10.5 Å². The molecular weight excluding hydrogens is 193 g/mol. The van der Waals surface area contributed by atoms with Crippen molar-refractivity contribution in [3.05, 3.63) is 29.6 Å². The molecule has 1 aromatic carbocycles. The van der Waals surface area contributed by atoms with Crippen LogP contribution in [-0.4, -0.2) is 6.61 Å². The molecule has 1 saturated carbocycles. The summed E-state index contributed by atoms with van der Waals surface area (Å²) in [4.78, 5) is 0. The third-order valence-electron chi connectivity index (χ3n) is 2.72. The SMILES string of the molecule is NCc1cc(F)ccc1OCCC1CC1. The smallest absolute Gasteiger partial charge is 0.123 e. The molecule has 0 spiro atoms. The van der Waals surface area contributed by atoms with Crippen LogP contribution in [-0.2, 0) is 6.54 Å². The fraction of sp³-hybridized carbons (Fsp3) is 0.500. The highest BCUT2D eigenvalue weighted by Crippen LogP contribution is 2.32. The lowest BCUT2D eigenvalue weighted by molar-refractivity contribution is 0.299. The lowest BCUT2D eigenvalue weighted by Gasteiger charge is -2.09. The molecule has 0 radical (unpaired) electrons. The van der Waals surface area contributed by atoms with Gasteiger partial charge in [0.05, 0.1) is 6.61 Å². The second-order valence-electron chi connectivity index (χ2n) is 4.04. The van der Waals surface area contributed by atoms with Gasteiger partial charge in [0.25, 0.3) is 0 Å². The van der Waals surface area contributed by atoms with E-state index in [1.54, 1.807) is 6.07 Å². The molecule has 1 aliphatic carbocycles. The highest BCUT2D eigenvalue weighted by Gasteiger charge is 2.20. The number of hydrogen-bond acceptors (Lipinski definition) is 2. The van der Waals surface area contributed by atoms with Crippen LogP contribution < -0.4 is 10.5 Å². The first-order chi connectivity index (χ1) is 7.29. The van der Waals surface area contributed by atoms with E-state index in [0.717, 1.165) is 23.7 Å². The van der Waals surface area contributed by atoms with Crippen LogP contribution in [0.4, 0.5) is 4.39 Å². The van der Waals surface area contributed by atoms with E-state index in [9.17, 15) is 4.39 Å². The van der Waals surface area contributed by atoms with E-state index in [0.29, 0.717) is 13.2 Å². The highest BCUT2D eigenvalue weighted by atomic mass is 19.1. The Morgan fingerprint density at radius 2 is 2.20 bits per heavy atom. The van der Waals surface area contributed by atoms with Gasteiger partial charge in [0.2, 0.25) is 0 Å². The van der Waals surface area contributed by atoms with Gasteiger partial charge in [-0.1, -0.05) is 12.8 Å². The fourth-order valence-corrected chi connectivity index (χ4v) is 1.59. The molecular formula is C12H16FNO. The Kier molecular flexibility index (Phi) is 3.21. The molecule has 0 bridgehead atoms. The molecule has 15 heavy (non-hydrogen) atoms. The zero-order chi connectivity index (χ0) is 10.7. The van der Waals surface area contributed by atoms with Crippen molar-refractivity contribution < 1.29 is 9.13 Å². The molecule has 0 amide bonds. The number of ether oxygens (including phenoxy) is 1. The standard InChI is InChI=1S/C12H16FNO/c13-11-3-4-12(10(7-11)8-14)15-6-5-9-1-2-9/h3-4,7,9H,1-2,5-6,8,14H2. The molecule has 0 heterocycles. The van der Waals surface area contributed by atoms with Crippen LogP contribution in [0.2, 0.25) is 0 Å². The Bertz CT molecular complexity index is 336. The summed E-state index contributed by atoms with van der Waals surface area (Å²) in [5.41, 5.74) is 6.26. The number of benzene rings is 1. The molecule has 2 N–H and O–H groups in total. The maximum Gasteiger partial charge on any atom is 0.123 e. The predicted octanol–water partition coefficient (Wildman–Crippen LogP) is 2.46. The minimum atomic E-state index is -0.259. The van der Waals surface area contributed by atoms with Crippen molar-refractivity contribution in [1.29, 1.82) is 0 Å². The number of hydrogen-bond donors (Lipinski definition) is 1. The van der Waals surface area contributed by atoms with Gasteiger partial charge in [-0.25, -0.2) is 4.39 Å². The summed E-state index contributed by atoms with van der Waals surface area (Å²) in [6, 6.07) is 4.50. The molecule has 3 heteroatoms. The maximum absolute atomic E-state index is 12.9. The van der Waals surface area contributed by atoms with Crippen LogP contribution in [0, 0.1) is 11.7 Å². The van der Waals surface area contributed by atoms with E-state index in [2.05, 4.69) is 0 Å². The molecule has 1 fully saturated rings. The van der Waals surface area contributed by atoms with E-state index in [-0.39, 0.29) is 5.82 Å². The average molecular weight is 209 g/mol. The van der Waals surface area contributed by atoms with Crippen LogP contribution in [0.15, 0.2) is 18.2 Å². The molecule has 0 unspecified atom stereocenters. The molecule has 0 saturated heterocycles. The van der Waals surface area contributed by atoms with Crippen LogP contribution in [0.5, 0.6) is 5.75 Å². The summed E-state index contributed by atoms with van der Waals surface area (Å²) in [5, 5.41) is 0. The van der Waals surface area contributed by atoms with Crippen molar-refractivity contribution in [2.45, 2.75) is 25.8 Å². The molecule has 2 rings (SSSR count). The highest BCUT2D eigenvalue weighted by molar-refractivity contribution is 5.33. The number of nitrogens with two attached hydrogens (primary N) is 1. The van der Waals surface area contributed by atoms with Crippen molar-refractivity contribution in [3.63, 3.8) is 0 Å². The zero-order valence-electron chi connectivity index (χ0n) is 8.71. The quantitative estimate of drug-likeness (QED) is 0.808. The fourth-order valence-electron chi connectivity index (χ4n) is 1.59. The largest absolute Gasteiger partial charge is 0.493 e. The molecule has 0 aliphatic heterocycles. The van der Waals surface area contributed by atoms with Gasteiger partial charge >= 0.3 is 0 Å². The van der Waals surface area contributed by atoms with Crippen LogP contribution in [0.3, 0.4) is 0 Å². The van der Waals surface area contributed by atoms with Gasteiger partial charge in [0.15, 0.2) is 0 Å². The second kappa shape index (κ2) is 4.62. The second-order valence-corrected chi connectivity index (χ2v) is 4.04. The third kappa shape index (κ3) is 2.93. The summed E-state index contributed by atoms with van der Waals surface area (Å²) < 4.78 is 18.5. The van der Waals surface area contributed by atoms with Gasteiger partial charge in [-0.15, -0.1) is 0 Å². The van der Waals surface area contributed by atoms with Crippen molar-refractivity contribution >= 4 is 0 Å². The van der Waals surface area contributed by atoms with Crippen molar-refractivity contribution in [2.24, 2.45) is 11.7 Å². The molecule has 1 aromatic rings. The predicted molar refractivity (Wildman–Crippen MR) is 57.1 cm³/mol. The first-order valence-corrected chi connectivity index (χ1v) is 5.41. The monoisotopic (exact) mass is 209 g/mol. The first-order valence-electron chi connectivity index (χ1n) is 5.41. The minimum Gasteiger partial charge on any atom is -0.493 e. The molecule has 82 valence electrons. The molecule has 1 aliphatic rings. The van der Waals surface area contributed by atoms with Crippen LogP contribution in [0.1, 0.15) is 24.8 Å². The summed E-state index contributed by atoms with van der Waals surface area (Å²) in [6.45, 7) is 1.03. The number of rotatable bonds is 5. The Morgan fingerprint density at radius 3 is 2.87 bits per heavy atom. The Morgan fingerprint density at radius 1 is 1.40 bits per heavy atom. The topological polar surface area (TPSA) is 35.2 Å². The van der Waals surface area contributed by atoms with Gasteiger partial charge in [0.1, 0.15) is 11.6 Å². The van der Waals surface area contributed by atoms with Crippen molar-refractivity contribution in [1.82, 2.24) is 0 Å². The minimum absolute atomic E-state index is 0.259. The lowest BCUT2D eigenvalue weighted by Crippen LogP contribution is -2.04. The molecule has 0 aromatic heterocycles. The van der Waals surface area contributed by atoms with E-state index in [1.807, 2.05) is 0 Å². The Hall–Kier alpha value is -1.09. The van der Waals surface area contributed by atoms with E-state index >= 15 is 0 Å². The van der Waals surface area contributed by atoms with Gasteiger partial charge < -0.3 is 10.5 Å². The van der Waals surface area contributed by atoms with Gasteiger partial charge in [0, 0.05) is 12.1 Å². The van der Waals surface area contributed by atoms with Crippen LogP contribution >= 0.6 is 0 Å². The molecule has 0 atom stereocenters. The van der Waals surface area contributed by atoms with E-state index < -0.39 is 0 Å². The van der Waals surface area contributed by atoms with Crippen molar-refractivity contribution in [3.8, 4) is 5.75 Å². The van der Waals surface area contributed by atoms with E-state index in [1.165, 1.54) is 25.0 Å². The van der Waals surface area contributed by atoms with Gasteiger partial charge in [-0.3, -0.25) is 0 Å². The zero-order valence-corrected chi connectivity index (χ0v) is 8.71. The van der Waals surface area contributed by atoms with Gasteiger partial charge in [-0.2, -0.15) is 0 Å².